The molecular weight excluding hydrogens is 180 g/mol. The average molecular weight is 198 g/mol. The smallest absolute Gasteiger partial charge is 0.224 e. The second kappa shape index (κ2) is 4.28. The van der Waals surface area contributed by atoms with Gasteiger partial charge in [-0.05, 0) is 18.8 Å². The maximum absolute atomic E-state index is 11.5. The number of likely N-dealkylation sites (tertiary alicyclic amines) is 1. The van der Waals surface area contributed by atoms with Crippen LogP contribution >= 0.6 is 0 Å². The van der Waals surface area contributed by atoms with Gasteiger partial charge in [0.15, 0.2) is 0 Å². The lowest BCUT2D eigenvalue weighted by atomic mass is 10.00. The highest BCUT2D eigenvalue weighted by atomic mass is 16.5. The predicted molar refractivity (Wildman–Crippen MR) is 52.7 cm³/mol. The summed E-state index contributed by atoms with van der Waals surface area (Å²) in [6.45, 7) is 3.32. The molecule has 1 atom stereocenters. The molecule has 0 radical (unpaired) electrons. The summed E-state index contributed by atoms with van der Waals surface area (Å²) in [6.07, 6.45) is 2.70. The molecule has 1 unspecified atom stereocenters. The number of carbonyl (C=O) groups is 1. The standard InChI is InChI=1S/C10H18N2O2/c11-9-5-10(13)12(7-9)6-8-1-3-14-4-2-8/h8-9H,1-7,11H2. The molecule has 4 heteroatoms. The molecule has 0 aromatic rings. The molecular formula is C10H18N2O2. The first-order valence-corrected chi connectivity index (χ1v) is 5.37. The third-order valence-electron chi connectivity index (χ3n) is 3.06. The van der Waals surface area contributed by atoms with Crippen LogP contribution in [-0.4, -0.2) is 43.2 Å². The zero-order chi connectivity index (χ0) is 9.97. The summed E-state index contributed by atoms with van der Waals surface area (Å²) < 4.78 is 5.28. The molecule has 0 saturated carbocycles. The summed E-state index contributed by atoms with van der Waals surface area (Å²) in [6, 6.07) is 0.0577. The molecule has 0 aromatic carbocycles. The predicted octanol–water partition coefficient (Wildman–Crippen LogP) is -0.0274. The van der Waals surface area contributed by atoms with Crippen LogP contribution in [0.5, 0.6) is 0 Å². The van der Waals surface area contributed by atoms with Crippen LogP contribution in [0.3, 0.4) is 0 Å². The lowest BCUT2D eigenvalue weighted by Gasteiger charge is -2.26. The number of ether oxygens (including phenoxy) is 1. The summed E-state index contributed by atoms with van der Waals surface area (Å²) in [4.78, 5) is 13.4. The van der Waals surface area contributed by atoms with E-state index in [-0.39, 0.29) is 11.9 Å². The van der Waals surface area contributed by atoms with Gasteiger partial charge in [0.1, 0.15) is 0 Å². The Balaban J connectivity index is 1.81. The van der Waals surface area contributed by atoms with E-state index in [4.69, 9.17) is 10.5 Å². The van der Waals surface area contributed by atoms with Crippen LogP contribution in [0.15, 0.2) is 0 Å². The van der Waals surface area contributed by atoms with E-state index in [1.807, 2.05) is 4.90 Å². The maximum Gasteiger partial charge on any atom is 0.224 e. The van der Waals surface area contributed by atoms with Gasteiger partial charge in [0.2, 0.25) is 5.91 Å². The molecule has 4 nitrogen and oxygen atoms in total. The number of nitrogens with two attached hydrogens (primary N) is 1. The zero-order valence-electron chi connectivity index (χ0n) is 8.45. The first-order valence-electron chi connectivity index (χ1n) is 5.37. The van der Waals surface area contributed by atoms with Crippen LogP contribution in [0.25, 0.3) is 0 Å². The molecule has 0 bridgehead atoms. The molecule has 2 heterocycles. The van der Waals surface area contributed by atoms with E-state index in [1.54, 1.807) is 0 Å². The van der Waals surface area contributed by atoms with E-state index in [2.05, 4.69) is 0 Å². The number of hydrogen-bond donors (Lipinski definition) is 1. The lowest BCUT2D eigenvalue weighted by molar-refractivity contribution is -0.128. The van der Waals surface area contributed by atoms with Crippen molar-refractivity contribution in [2.24, 2.45) is 11.7 Å². The SMILES string of the molecule is NC1CC(=O)N(CC2CCOCC2)C1. The molecule has 2 saturated heterocycles. The highest BCUT2D eigenvalue weighted by molar-refractivity contribution is 5.79. The fourth-order valence-electron chi connectivity index (χ4n) is 2.22. The molecule has 2 rings (SSSR count). The first-order chi connectivity index (χ1) is 6.75. The van der Waals surface area contributed by atoms with Crippen LogP contribution in [0, 0.1) is 5.92 Å². The maximum atomic E-state index is 11.5. The fourth-order valence-corrected chi connectivity index (χ4v) is 2.22. The first kappa shape index (κ1) is 9.93. The molecule has 14 heavy (non-hydrogen) atoms. The zero-order valence-corrected chi connectivity index (χ0v) is 8.45. The molecule has 0 aromatic heterocycles. The molecule has 80 valence electrons. The Hall–Kier alpha value is -0.610. The van der Waals surface area contributed by atoms with Crippen LogP contribution in [0.1, 0.15) is 19.3 Å². The third kappa shape index (κ3) is 2.25. The number of amides is 1. The van der Waals surface area contributed by atoms with E-state index in [1.165, 1.54) is 0 Å². The van der Waals surface area contributed by atoms with E-state index in [9.17, 15) is 4.79 Å². The van der Waals surface area contributed by atoms with Crippen LogP contribution in [0.2, 0.25) is 0 Å². The van der Waals surface area contributed by atoms with Gasteiger partial charge >= 0.3 is 0 Å². The second-order valence-electron chi connectivity index (χ2n) is 4.32. The summed E-state index contributed by atoms with van der Waals surface area (Å²) in [7, 11) is 0. The largest absolute Gasteiger partial charge is 0.381 e. The molecule has 2 fully saturated rings. The van der Waals surface area contributed by atoms with E-state index >= 15 is 0 Å². The van der Waals surface area contributed by atoms with Gasteiger partial charge in [0.25, 0.3) is 0 Å². The summed E-state index contributed by atoms with van der Waals surface area (Å²) >= 11 is 0. The Morgan fingerprint density at radius 2 is 2.14 bits per heavy atom. The third-order valence-corrected chi connectivity index (χ3v) is 3.06. The molecule has 2 aliphatic heterocycles. The van der Waals surface area contributed by atoms with Gasteiger partial charge in [-0.3, -0.25) is 4.79 Å². The Morgan fingerprint density at radius 1 is 1.43 bits per heavy atom. The number of nitrogens with zero attached hydrogens (tertiary/aromatic N) is 1. The monoisotopic (exact) mass is 198 g/mol. The Kier molecular flexibility index (Phi) is 3.03. The van der Waals surface area contributed by atoms with Crippen molar-refractivity contribution in [2.75, 3.05) is 26.3 Å². The van der Waals surface area contributed by atoms with Crippen molar-refractivity contribution in [1.29, 1.82) is 0 Å². The van der Waals surface area contributed by atoms with Crippen LogP contribution in [-0.2, 0) is 9.53 Å². The Labute approximate surface area is 84.4 Å². The van der Waals surface area contributed by atoms with E-state index < -0.39 is 0 Å². The highest BCUT2D eigenvalue weighted by Crippen LogP contribution is 2.19. The molecule has 0 spiro atoms. The van der Waals surface area contributed by atoms with Gasteiger partial charge < -0.3 is 15.4 Å². The minimum Gasteiger partial charge on any atom is -0.381 e. The minimum absolute atomic E-state index is 0.0577. The molecule has 0 aliphatic carbocycles. The number of hydrogen-bond acceptors (Lipinski definition) is 3. The van der Waals surface area contributed by atoms with Crippen molar-refractivity contribution in [2.45, 2.75) is 25.3 Å². The van der Waals surface area contributed by atoms with Crippen molar-refractivity contribution in [3.63, 3.8) is 0 Å². The number of rotatable bonds is 2. The summed E-state index contributed by atoms with van der Waals surface area (Å²) in [5.41, 5.74) is 5.73. The van der Waals surface area contributed by atoms with Gasteiger partial charge in [-0.2, -0.15) is 0 Å². The Bertz CT molecular complexity index is 214. The van der Waals surface area contributed by atoms with Gasteiger partial charge in [-0.1, -0.05) is 0 Å². The molecule has 2 N–H and O–H groups in total. The van der Waals surface area contributed by atoms with Crippen molar-refractivity contribution in [1.82, 2.24) is 4.90 Å². The highest BCUT2D eigenvalue weighted by Gasteiger charge is 2.29. The van der Waals surface area contributed by atoms with Gasteiger partial charge in [0.05, 0.1) is 0 Å². The van der Waals surface area contributed by atoms with Gasteiger partial charge in [0, 0.05) is 38.8 Å². The topological polar surface area (TPSA) is 55.6 Å². The summed E-state index contributed by atoms with van der Waals surface area (Å²) in [5.74, 6) is 0.849. The lowest BCUT2D eigenvalue weighted by Crippen LogP contribution is -2.34. The minimum atomic E-state index is 0.0577. The molecule has 2 aliphatic rings. The number of carbonyl (C=O) groups excluding carboxylic acids is 1. The van der Waals surface area contributed by atoms with Crippen molar-refractivity contribution in [3.05, 3.63) is 0 Å². The second-order valence-corrected chi connectivity index (χ2v) is 4.32. The normalized spacial score (nSPS) is 29.9. The Morgan fingerprint density at radius 3 is 2.71 bits per heavy atom. The van der Waals surface area contributed by atoms with E-state index in [0.717, 1.165) is 39.1 Å². The van der Waals surface area contributed by atoms with Gasteiger partial charge in [-0.15, -0.1) is 0 Å². The average Bonchev–Trinajstić information content (AvgIpc) is 2.47. The van der Waals surface area contributed by atoms with Crippen molar-refractivity contribution in [3.8, 4) is 0 Å². The summed E-state index contributed by atoms with van der Waals surface area (Å²) in [5, 5.41) is 0. The van der Waals surface area contributed by atoms with Gasteiger partial charge in [-0.25, -0.2) is 0 Å². The molecule has 1 amide bonds. The quantitative estimate of drug-likeness (QED) is 0.678. The fraction of sp³-hybridized carbons (Fsp3) is 0.900. The van der Waals surface area contributed by atoms with Crippen molar-refractivity contribution >= 4 is 5.91 Å². The van der Waals surface area contributed by atoms with Crippen LogP contribution in [0.4, 0.5) is 0 Å². The van der Waals surface area contributed by atoms with Crippen molar-refractivity contribution < 1.29 is 9.53 Å². The van der Waals surface area contributed by atoms with Crippen LogP contribution < -0.4 is 5.73 Å². The van der Waals surface area contributed by atoms with E-state index in [0.29, 0.717) is 12.3 Å².